The Morgan fingerprint density at radius 1 is 0.840 bits per heavy atom. The van der Waals surface area contributed by atoms with Crippen molar-refractivity contribution in [3.8, 4) is 11.5 Å². The molecule has 3 nitrogen and oxygen atoms in total. The first-order valence-corrected chi connectivity index (χ1v) is 8.91. The highest BCUT2D eigenvalue weighted by Gasteiger charge is 2.51. The minimum absolute atomic E-state index is 0.346. The van der Waals surface area contributed by atoms with Gasteiger partial charge < -0.3 is 14.0 Å². The molecule has 1 saturated heterocycles. The van der Waals surface area contributed by atoms with Crippen molar-refractivity contribution in [3.63, 3.8) is 0 Å². The minimum atomic E-state index is -0.378. The minimum Gasteiger partial charge on any atom is -0.457 e. The number of hydrogen-bond donors (Lipinski definition) is 0. The molecule has 0 aromatic heterocycles. The van der Waals surface area contributed by atoms with Crippen LogP contribution in [0.25, 0.3) is 0 Å². The Morgan fingerprint density at radius 3 is 2.00 bits per heavy atom. The van der Waals surface area contributed by atoms with E-state index in [-0.39, 0.29) is 18.3 Å². The van der Waals surface area contributed by atoms with Gasteiger partial charge in [0.2, 0.25) is 0 Å². The lowest BCUT2D eigenvalue weighted by molar-refractivity contribution is 0.00578. The van der Waals surface area contributed by atoms with Crippen molar-refractivity contribution in [3.05, 3.63) is 54.1 Å². The van der Waals surface area contributed by atoms with Gasteiger partial charge in [-0.3, -0.25) is 0 Å². The molecule has 0 amide bonds. The number of rotatable bonds is 4. The Labute approximate surface area is 151 Å². The topological polar surface area (TPSA) is 27.7 Å². The lowest BCUT2D eigenvalue weighted by atomic mass is 9.79. The van der Waals surface area contributed by atoms with Crippen LogP contribution in [0.3, 0.4) is 0 Å². The third kappa shape index (κ3) is 3.75. The molecule has 1 aliphatic rings. The Morgan fingerprint density at radius 2 is 1.44 bits per heavy atom. The molecule has 0 aliphatic carbocycles. The smallest absolute Gasteiger partial charge is 0.457 e. The molecule has 0 atom stereocenters. The summed E-state index contributed by atoms with van der Waals surface area (Å²) in [5.74, 6) is 2.13. The zero-order valence-corrected chi connectivity index (χ0v) is 16.0. The predicted octanol–water partition coefficient (Wildman–Crippen LogP) is 4.90. The summed E-state index contributed by atoms with van der Waals surface area (Å²) in [5.41, 5.74) is 1.58. The normalized spacial score (nSPS) is 18.6. The quantitative estimate of drug-likeness (QED) is 0.742. The van der Waals surface area contributed by atoms with Crippen LogP contribution >= 0.6 is 0 Å². The molecule has 2 aromatic rings. The van der Waals surface area contributed by atoms with Crippen LogP contribution in [0.4, 0.5) is 0 Å². The molecule has 0 saturated carbocycles. The van der Waals surface area contributed by atoms with E-state index in [1.54, 1.807) is 0 Å². The van der Waals surface area contributed by atoms with Gasteiger partial charge in [-0.05, 0) is 68.9 Å². The first kappa shape index (κ1) is 18.0. The van der Waals surface area contributed by atoms with Crippen molar-refractivity contribution >= 4 is 12.6 Å². The van der Waals surface area contributed by atoms with Crippen LogP contribution < -0.4 is 10.2 Å². The Kier molecular flexibility index (Phi) is 4.69. The fourth-order valence-electron chi connectivity index (χ4n) is 2.76. The molecule has 0 N–H and O–H groups in total. The second-order valence-corrected chi connectivity index (χ2v) is 7.99. The van der Waals surface area contributed by atoms with Crippen molar-refractivity contribution in [1.29, 1.82) is 0 Å². The van der Waals surface area contributed by atoms with E-state index in [0.29, 0.717) is 5.92 Å². The Bertz CT molecular complexity index is 719. The standard InChI is InChI=1S/C21H27BO3/c1-15(2)16-10-12-18(13-11-16)23-19-9-7-8-17(14-19)22-24-20(3,4)21(5,6)25-22/h7-15H,1-6H3. The molecule has 0 unspecified atom stereocenters. The van der Waals surface area contributed by atoms with Crippen molar-refractivity contribution in [2.75, 3.05) is 0 Å². The highest BCUT2D eigenvalue weighted by Crippen LogP contribution is 2.36. The molecule has 0 spiro atoms. The summed E-state index contributed by atoms with van der Waals surface area (Å²) >= 11 is 0. The van der Waals surface area contributed by atoms with Crippen LogP contribution in [0.1, 0.15) is 53.0 Å². The second kappa shape index (κ2) is 6.51. The molecule has 2 aromatic carbocycles. The zero-order chi connectivity index (χ0) is 18.2. The van der Waals surface area contributed by atoms with Crippen LogP contribution in [-0.4, -0.2) is 18.3 Å². The maximum absolute atomic E-state index is 6.12. The van der Waals surface area contributed by atoms with E-state index in [0.717, 1.165) is 17.0 Å². The Balaban J connectivity index is 1.76. The van der Waals surface area contributed by atoms with Gasteiger partial charge in [-0.25, -0.2) is 0 Å². The van der Waals surface area contributed by atoms with E-state index in [9.17, 15) is 0 Å². The molecule has 0 radical (unpaired) electrons. The van der Waals surface area contributed by atoms with E-state index in [1.165, 1.54) is 5.56 Å². The van der Waals surface area contributed by atoms with Crippen LogP contribution in [0, 0.1) is 0 Å². The SMILES string of the molecule is CC(C)c1ccc(Oc2cccc(B3OC(C)(C)C(C)(C)O3)c2)cc1. The molecule has 3 rings (SSSR count). The maximum Gasteiger partial charge on any atom is 0.494 e. The Hall–Kier alpha value is -1.78. The molecule has 1 aliphatic heterocycles. The summed E-state index contributed by atoms with van der Waals surface area (Å²) < 4.78 is 18.2. The molecule has 132 valence electrons. The van der Waals surface area contributed by atoms with Gasteiger partial charge in [0.25, 0.3) is 0 Å². The zero-order valence-electron chi connectivity index (χ0n) is 16.0. The van der Waals surface area contributed by atoms with Crippen LogP contribution in [-0.2, 0) is 9.31 Å². The van der Waals surface area contributed by atoms with Gasteiger partial charge in [0.1, 0.15) is 11.5 Å². The van der Waals surface area contributed by atoms with Crippen LogP contribution in [0.2, 0.25) is 0 Å². The van der Waals surface area contributed by atoms with Gasteiger partial charge in [0.15, 0.2) is 0 Å². The molecular weight excluding hydrogens is 311 g/mol. The number of hydrogen-bond acceptors (Lipinski definition) is 3. The van der Waals surface area contributed by atoms with E-state index >= 15 is 0 Å². The number of ether oxygens (including phenoxy) is 1. The lowest BCUT2D eigenvalue weighted by Crippen LogP contribution is -2.41. The average Bonchev–Trinajstić information content (AvgIpc) is 2.76. The van der Waals surface area contributed by atoms with Gasteiger partial charge in [-0.15, -0.1) is 0 Å². The molecule has 4 heteroatoms. The van der Waals surface area contributed by atoms with Crippen molar-refractivity contribution in [1.82, 2.24) is 0 Å². The van der Waals surface area contributed by atoms with Crippen molar-refractivity contribution < 1.29 is 14.0 Å². The van der Waals surface area contributed by atoms with Crippen molar-refractivity contribution in [2.24, 2.45) is 0 Å². The van der Waals surface area contributed by atoms with Gasteiger partial charge in [-0.2, -0.15) is 0 Å². The van der Waals surface area contributed by atoms with Gasteiger partial charge in [0.05, 0.1) is 11.2 Å². The highest BCUT2D eigenvalue weighted by atomic mass is 16.7. The molecule has 1 fully saturated rings. The molecule has 25 heavy (non-hydrogen) atoms. The first-order valence-electron chi connectivity index (χ1n) is 8.91. The van der Waals surface area contributed by atoms with Gasteiger partial charge in [0, 0.05) is 0 Å². The molecule has 0 bridgehead atoms. The second-order valence-electron chi connectivity index (χ2n) is 7.99. The molecular formula is C21H27BO3. The predicted molar refractivity (Wildman–Crippen MR) is 103 cm³/mol. The summed E-state index contributed by atoms with van der Waals surface area (Å²) in [4.78, 5) is 0. The lowest BCUT2D eigenvalue weighted by Gasteiger charge is -2.32. The third-order valence-corrected chi connectivity index (χ3v) is 5.17. The largest absolute Gasteiger partial charge is 0.494 e. The highest BCUT2D eigenvalue weighted by molar-refractivity contribution is 6.62. The van der Waals surface area contributed by atoms with E-state index in [1.807, 2.05) is 36.4 Å². The number of benzene rings is 2. The van der Waals surface area contributed by atoms with Gasteiger partial charge in [-0.1, -0.05) is 38.1 Å². The van der Waals surface area contributed by atoms with Crippen LogP contribution in [0.5, 0.6) is 11.5 Å². The summed E-state index contributed by atoms with van der Waals surface area (Å²) in [7, 11) is -0.378. The fraction of sp³-hybridized carbons (Fsp3) is 0.429. The molecule has 1 heterocycles. The average molecular weight is 338 g/mol. The summed E-state index contributed by atoms with van der Waals surface area (Å²) in [6.45, 7) is 12.6. The van der Waals surface area contributed by atoms with E-state index in [4.69, 9.17) is 14.0 Å². The summed E-state index contributed by atoms with van der Waals surface area (Å²) in [5, 5.41) is 0. The van der Waals surface area contributed by atoms with E-state index in [2.05, 4.69) is 53.7 Å². The summed E-state index contributed by atoms with van der Waals surface area (Å²) in [6, 6.07) is 16.2. The van der Waals surface area contributed by atoms with E-state index < -0.39 is 0 Å². The van der Waals surface area contributed by atoms with Crippen LogP contribution in [0.15, 0.2) is 48.5 Å². The fourth-order valence-corrected chi connectivity index (χ4v) is 2.76. The monoisotopic (exact) mass is 338 g/mol. The van der Waals surface area contributed by atoms with Gasteiger partial charge >= 0.3 is 7.12 Å². The van der Waals surface area contributed by atoms with Crippen molar-refractivity contribution in [2.45, 2.75) is 58.7 Å². The third-order valence-electron chi connectivity index (χ3n) is 5.17. The first-order chi connectivity index (χ1) is 11.7. The maximum atomic E-state index is 6.12. The summed E-state index contributed by atoms with van der Waals surface area (Å²) in [6.07, 6.45) is 0.